The summed E-state index contributed by atoms with van der Waals surface area (Å²) in [5.41, 5.74) is 12.8. The van der Waals surface area contributed by atoms with E-state index in [4.69, 9.17) is 10.7 Å². The molecule has 164 valence electrons. The third-order valence-electron chi connectivity index (χ3n) is 6.81. The maximum absolute atomic E-state index is 10.0. The number of aliphatic hydroxyl groups is 1. The molecule has 0 spiro atoms. The van der Waals surface area contributed by atoms with Crippen LogP contribution in [0.25, 0.3) is 0 Å². The first-order valence-corrected chi connectivity index (χ1v) is 11.3. The fourth-order valence-corrected chi connectivity index (χ4v) is 5.12. The minimum Gasteiger partial charge on any atom is -0.392 e. The normalized spacial score (nSPS) is 24.0. The van der Waals surface area contributed by atoms with E-state index >= 15 is 0 Å². The van der Waals surface area contributed by atoms with Crippen LogP contribution in [0.4, 0.5) is 0 Å². The number of rotatable bonds is 6. The van der Waals surface area contributed by atoms with Crippen molar-refractivity contribution in [1.29, 1.82) is 0 Å². The van der Waals surface area contributed by atoms with Gasteiger partial charge in [0.25, 0.3) is 0 Å². The molecule has 3 atom stereocenters. The van der Waals surface area contributed by atoms with Crippen LogP contribution < -0.4 is 11.1 Å². The van der Waals surface area contributed by atoms with Crippen molar-refractivity contribution in [3.05, 3.63) is 88.4 Å². The van der Waals surface area contributed by atoms with Crippen LogP contribution in [0.2, 0.25) is 0 Å². The van der Waals surface area contributed by atoms with E-state index in [0.717, 1.165) is 36.1 Å². The number of aliphatic hydroxyl groups excluding tert-OH is 1. The van der Waals surface area contributed by atoms with E-state index in [9.17, 15) is 5.11 Å². The fourth-order valence-electron chi connectivity index (χ4n) is 5.12. The zero-order chi connectivity index (χ0) is 21.8. The molecule has 4 rings (SSSR count). The maximum atomic E-state index is 10.0. The largest absolute Gasteiger partial charge is 0.392 e. The number of nitrogens with zero attached hydrogens (tertiary/aromatic N) is 2. The van der Waals surface area contributed by atoms with Gasteiger partial charge >= 0.3 is 0 Å². The number of piperidine rings is 1. The molecule has 2 aliphatic rings. The molecule has 1 aromatic heterocycles. The van der Waals surface area contributed by atoms with Crippen LogP contribution in [-0.2, 0) is 19.7 Å². The number of nitrogens with one attached hydrogen (secondary N) is 1. The van der Waals surface area contributed by atoms with Crippen molar-refractivity contribution in [3.63, 3.8) is 0 Å². The van der Waals surface area contributed by atoms with E-state index in [1.165, 1.54) is 23.3 Å². The first-order chi connectivity index (χ1) is 15.1. The van der Waals surface area contributed by atoms with Gasteiger partial charge in [-0.2, -0.15) is 0 Å². The number of dihydropyridines is 1. The Morgan fingerprint density at radius 3 is 2.81 bits per heavy atom. The Bertz CT molecular complexity index is 968. The average molecular weight is 419 g/mol. The summed E-state index contributed by atoms with van der Waals surface area (Å²) in [5.74, 6) is 0. The van der Waals surface area contributed by atoms with E-state index in [2.05, 4.69) is 60.6 Å². The second kappa shape index (κ2) is 9.77. The van der Waals surface area contributed by atoms with Crippen molar-refractivity contribution in [2.45, 2.75) is 70.9 Å². The summed E-state index contributed by atoms with van der Waals surface area (Å²) in [6.45, 7) is 5.66. The highest BCUT2D eigenvalue weighted by Crippen LogP contribution is 2.39. The number of hydrogen-bond acceptors (Lipinski definition) is 5. The van der Waals surface area contributed by atoms with Gasteiger partial charge in [-0.25, -0.2) is 0 Å². The van der Waals surface area contributed by atoms with Crippen LogP contribution in [0.1, 0.15) is 60.2 Å². The smallest absolute Gasteiger partial charge is 0.0685 e. The van der Waals surface area contributed by atoms with Crippen LogP contribution in [0.15, 0.2) is 60.5 Å². The molecule has 0 amide bonds. The number of benzene rings is 1. The van der Waals surface area contributed by atoms with Crippen LogP contribution >= 0.6 is 0 Å². The molecular formula is C26H34N4O. The summed E-state index contributed by atoms with van der Waals surface area (Å²) >= 11 is 0. The summed E-state index contributed by atoms with van der Waals surface area (Å²) in [7, 11) is 0. The molecule has 5 nitrogen and oxygen atoms in total. The Morgan fingerprint density at radius 2 is 2.06 bits per heavy atom. The Kier molecular flexibility index (Phi) is 6.86. The highest BCUT2D eigenvalue weighted by atomic mass is 16.3. The number of pyridine rings is 1. The van der Waals surface area contributed by atoms with Gasteiger partial charge in [-0.3, -0.25) is 9.88 Å². The van der Waals surface area contributed by atoms with E-state index in [0.29, 0.717) is 12.6 Å². The number of aromatic nitrogens is 1. The molecule has 0 saturated carbocycles. The predicted octanol–water partition coefficient (Wildman–Crippen LogP) is 3.87. The van der Waals surface area contributed by atoms with Gasteiger partial charge in [0.2, 0.25) is 0 Å². The molecule has 3 unspecified atom stereocenters. The van der Waals surface area contributed by atoms with Crippen LogP contribution in [0.3, 0.4) is 0 Å². The van der Waals surface area contributed by atoms with Gasteiger partial charge in [-0.1, -0.05) is 30.3 Å². The molecule has 5 heteroatoms. The van der Waals surface area contributed by atoms with Crippen molar-refractivity contribution in [2.75, 3.05) is 0 Å². The van der Waals surface area contributed by atoms with Crippen molar-refractivity contribution in [3.8, 4) is 0 Å². The summed E-state index contributed by atoms with van der Waals surface area (Å²) < 4.78 is 0. The van der Waals surface area contributed by atoms with Crippen molar-refractivity contribution in [2.24, 2.45) is 5.73 Å². The van der Waals surface area contributed by atoms with Gasteiger partial charge in [0.05, 0.1) is 24.4 Å². The van der Waals surface area contributed by atoms with Crippen molar-refractivity contribution >= 4 is 0 Å². The zero-order valence-corrected chi connectivity index (χ0v) is 18.6. The molecule has 2 aliphatic heterocycles. The summed E-state index contributed by atoms with van der Waals surface area (Å²) in [6.07, 6.45) is 11.7. The lowest BCUT2D eigenvalue weighted by Gasteiger charge is -2.46. The standard InChI is InChI=1S/C26H34N4O/c1-18-6-4-12-28-25(18)23-8-3-9-24(26-19(2)7-5-13-29-26)30(23)16-21-11-10-20(15-27)14-22(21)17-31/h4-7,10-14,23-25,28,31H,3,8-9,15-17,27H2,1-2H3. The molecule has 31 heavy (non-hydrogen) atoms. The van der Waals surface area contributed by atoms with Gasteiger partial charge < -0.3 is 16.2 Å². The minimum absolute atomic E-state index is 0.0261. The lowest BCUT2D eigenvalue weighted by molar-refractivity contribution is 0.0565. The SMILES string of the molecule is CC1=CC=CNC1C1CCCC(c2ncccc2C)N1Cc1ccc(CN)cc1CO. The monoisotopic (exact) mass is 418 g/mol. The average Bonchev–Trinajstić information content (AvgIpc) is 2.80. The minimum atomic E-state index is 0.0261. The summed E-state index contributed by atoms with van der Waals surface area (Å²) in [4.78, 5) is 7.42. The van der Waals surface area contributed by atoms with Gasteiger partial charge in [0.1, 0.15) is 0 Å². The number of hydrogen-bond donors (Lipinski definition) is 3. The second-order valence-corrected chi connectivity index (χ2v) is 8.77. The Labute approximate surface area is 185 Å². The molecule has 1 aromatic carbocycles. The summed E-state index contributed by atoms with van der Waals surface area (Å²) in [6, 6.07) is 11.3. The molecular weight excluding hydrogens is 384 g/mol. The number of allylic oxidation sites excluding steroid dienone is 2. The van der Waals surface area contributed by atoms with Crippen LogP contribution in [-0.4, -0.2) is 27.1 Å². The van der Waals surface area contributed by atoms with Crippen molar-refractivity contribution < 1.29 is 5.11 Å². The molecule has 1 fully saturated rings. The van der Waals surface area contributed by atoms with E-state index in [1.54, 1.807) is 0 Å². The second-order valence-electron chi connectivity index (χ2n) is 8.77. The van der Waals surface area contributed by atoms with E-state index in [1.807, 2.05) is 18.3 Å². The van der Waals surface area contributed by atoms with Crippen LogP contribution in [0, 0.1) is 6.92 Å². The molecule has 1 saturated heterocycles. The molecule has 4 N–H and O–H groups in total. The van der Waals surface area contributed by atoms with E-state index in [-0.39, 0.29) is 18.7 Å². The molecule has 0 radical (unpaired) electrons. The quantitative estimate of drug-likeness (QED) is 0.664. The molecule has 0 aliphatic carbocycles. The summed E-state index contributed by atoms with van der Waals surface area (Å²) in [5, 5.41) is 13.7. The Morgan fingerprint density at radius 1 is 1.19 bits per heavy atom. The lowest BCUT2D eigenvalue weighted by atomic mass is 9.84. The highest BCUT2D eigenvalue weighted by molar-refractivity contribution is 5.33. The first kappa shape index (κ1) is 21.8. The predicted molar refractivity (Wildman–Crippen MR) is 125 cm³/mol. The third kappa shape index (κ3) is 4.59. The van der Waals surface area contributed by atoms with E-state index < -0.39 is 0 Å². The van der Waals surface area contributed by atoms with Gasteiger partial charge in [-0.05, 0) is 79.3 Å². The highest BCUT2D eigenvalue weighted by Gasteiger charge is 2.38. The Balaban J connectivity index is 1.73. The van der Waals surface area contributed by atoms with Gasteiger partial charge in [0.15, 0.2) is 0 Å². The lowest BCUT2D eigenvalue weighted by Crippen LogP contribution is -2.53. The third-order valence-corrected chi connectivity index (χ3v) is 6.81. The molecule has 2 aromatic rings. The fraction of sp³-hybridized carbons (Fsp3) is 0.423. The molecule has 3 heterocycles. The maximum Gasteiger partial charge on any atom is 0.0685 e. The number of likely N-dealkylation sites (tertiary alicyclic amines) is 1. The van der Waals surface area contributed by atoms with Crippen LogP contribution in [0.5, 0.6) is 0 Å². The Hall–Kier alpha value is -2.47. The topological polar surface area (TPSA) is 74.4 Å². The number of aryl methyl sites for hydroxylation is 1. The number of nitrogens with two attached hydrogens (primary N) is 1. The van der Waals surface area contributed by atoms with Gasteiger partial charge in [0, 0.05) is 25.3 Å². The first-order valence-electron chi connectivity index (χ1n) is 11.3. The zero-order valence-electron chi connectivity index (χ0n) is 18.6. The molecule has 0 bridgehead atoms. The van der Waals surface area contributed by atoms with Gasteiger partial charge in [-0.15, -0.1) is 0 Å². The van der Waals surface area contributed by atoms with Crippen molar-refractivity contribution in [1.82, 2.24) is 15.2 Å².